The Hall–Kier alpha value is -2.61. The van der Waals surface area contributed by atoms with Gasteiger partial charge in [0.25, 0.3) is 0 Å². The quantitative estimate of drug-likeness (QED) is 0.558. The van der Waals surface area contributed by atoms with E-state index >= 15 is 0 Å². The fourth-order valence-corrected chi connectivity index (χ4v) is 3.15. The summed E-state index contributed by atoms with van der Waals surface area (Å²) < 4.78 is 0. The van der Waals surface area contributed by atoms with E-state index in [4.69, 9.17) is 4.98 Å². The number of aromatic amines is 1. The van der Waals surface area contributed by atoms with Gasteiger partial charge in [0, 0.05) is 5.56 Å². The maximum atomic E-state index is 4.95. The number of benzene rings is 1. The maximum absolute atomic E-state index is 4.95. The molecule has 0 saturated carbocycles. The SMILES string of the molecule is C1=CCCC(c2nc(-c3ccccc3)[nH]c2C2=CCCC=C2)=C1.CC.CC.CC. The zero-order valence-electron chi connectivity index (χ0n) is 19.1. The van der Waals surface area contributed by atoms with Crippen LogP contribution < -0.4 is 0 Å². The van der Waals surface area contributed by atoms with Crippen molar-refractivity contribution >= 4 is 11.1 Å². The van der Waals surface area contributed by atoms with E-state index in [0.29, 0.717) is 0 Å². The van der Waals surface area contributed by atoms with Crippen LogP contribution in [0, 0.1) is 0 Å². The van der Waals surface area contributed by atoms with Crippen molar-refractivity contribution in [2.75, 3.05) is 0 Å². The van der Waals surface area contributed by atoms with Crippen LogP contribution >= 0.6 is 0 Å². The van der Waals surface area contributed by atoms with E-state index in [-0.39, 0.29) is 0 Å². The smallest absolute Gasteiger partial charge is 0.138 e. The van der Waals surface area contributed by atoms with Crippen LogP contribution in [0.3, 0.4) is 0 Å². The van der Waals surface area contributed by atoms with Crippen molar-refractivity contribution in [1.82, 2.24) is 9.97 Å². The van der Waals surface area contributed by atoms with Crippen molar-refractivity contribution in [3.63, 3.8) is 0 Å². The van der Waals surface area contributed by atoms with Crippen LogP contribution in [0.1, 0.15) is 78.6 Å². The minimum Gasteiger partial charge on any atom is -0.337 e. The largest absolute Gasteiger partial charge is 0.337 e. The number of hydrogen-bond acceptors (Lipinski definition) is 1. The van der Waals surface area contributed by atoms with Crippen molar-refractivity contribution in [2.24, 2.45) is 0 Å². The van der Waals surface area contributed by atoms with E-state index in [9.17, 15) is 0 Å². The molecule has 29 heavy (non-hydrogen) atoms. The third-order valence-electron chi connectivity index (χ3n) is 4.35. The van der Waals surface area contributed by atoms with Gasteiger partial charge in [-0.3, -0.25) is 0 Å². The van der Waals surface area contributed by atoms with Crippen molar-refractivity contribution in [3.05, 3.63) is 78.2 Å². The molecule has 2 heteroatoms. The molecule has 0 atom stereocenters. The molecule has 1 heterocycles. The Kier molecular flexibility index (Phi) is 12.1. The highest BCUT2D eigenvalue weighted by Crippen LogP contribution is 2.33. The van der Waals surface area contributed by atoms with Gasteiger partial charge in [0.15, 0.2) is 0 Å². The van der Waals surface area contributed by atoms with Gasteiger partial charge in [-0.25, -0.2) is 4.98 Å². The number of allylic oxidation sites excluding steroid dienone is 8. The molecular weight excluding hydrogens is 352 g/mol. The monoisotopic (exact) mass is 390 g/mol. The first-order valence-electron chi connectivity index (χ1n) is 11.3. The van der Waals surface area contributed by atoms with Crippen LogP contribution in [0.15, 0.2) is 66.8 Å². The summed E-state index contributed by atoms with van der Waals surface area (Å²) in [5.41, 5.74) is 5.97. The number of hydrogen-bond donors (Lipinski definition) is 1. The Balaban J connectivity index is 0.000000644. The van der Waals surface area contributed by atoms with Gasteiger partial charge in [-0.05, 0) is 36.8 Å². The summed E-state index contributed by atoms with van der Waals surface area (Å²) in [7, 11) is 0. The fourth-order valence-electron chi connectivity index (χ4n) is 3.15. The number of aromatic nitrogens is 2. The number of imidazole rings is 1. The molecular formula is C27H38N2. The van der Waals surface area contributed by atoms with E-state index in [1.54, 1.807) is 0 Å². The van der Waals surface area contributed by atoms with Crippen LogP contribution in [-0.2, 0) is 0 Å². The third-order valence-corrected chi connectivity index (χ3v) is 4.35. The molecule has 0 amide bonds. The van der Waals surface area contributed by atoms with Crippen molar-refractivity contribution in [1.29, 1.82) is 0 Å². The standard InChI is InChI=1S/C21H20N2.3C2H6/c1-4-10-16(11-5-1)19-20(17-12-6-2-7-13-17)23-21(22-19)18-14-8-3-9-15-18;3*1-2/h1,3-4,6,8-10,12-15H,2,5,7,11H2,(H,22,23);3*1-2H3. The summed E-state index contributed by atoms with van der Waals surface area (Å²) in [6.07, 6.45) is 17.7. The number of nitrogens with zero attached hydrogens (tertiary/aromatic N) is 1. The summed E-state index contributed by atoms with van der Waals surface area (Å²) in [6.45, 7) is 12.0. The molecule has 0 fully saturated rings. The van der Waals surface area contributed by atoms with E-state index < -0.39 is 0 Å². The Labute approximate surface area is 178 Å². The van der Waals surface area contributed by atoms with E-state index in [2.05, 4.69) is 65.7 Å². The summed E-state index contributed by atoms with van der Waals surface area (Å²) in [4.78, 5) is 8.52. The Bertz CT molecular complexity index is 817. The van der Waals surface area contributed by atoms with Gasteiger partial charge >= 0.3 is 0 Å². The number of nitrogens with one attached hydrogen (secondary N) is 1. The van der Waals surface area contributed by atoms with Crippen LogP contribution in [0.5, 0.6) is 0 Å². The zero-order valence-corrected chi connectivity index (χ0v) is 19.1. The highest BCUT2D eigenvalue weighted by Gasteiger charge is 2.18. The summed E-state index contributed by atoms with van der Waals surface area (Å²) in [6, 6.07) is 10.4. The topological polar surface area (TPSA) is 28.7 Å². The van der Waals surface area contributed by atoms with Crippen molar-refractivity contribution < 1.29 is 0 Å². The van der Waals surface area contributed by atoms with E-state index in [1.807, 2.05) is 47.6 Å². The molecule has 0 spiro atoms. The summed E-state index contributed by atoms with van der Waals surface area (Å²) in [5, 5.41) is 0. The molecule has 1 aromatic heterocycles. The summed E-state index contributed by atoms with van der Waals surface area (Å²) >= 11 is 0. The normalized spacial score (nSPS) is 14.1. The average molecular weight is 391 g/mol. The van der Waals surface area contributed by atoms with Gasteiger partial charge < -0.3 is 4.98 Å². The molecule has 2 aliphatic carbocycles. The summed E-state index contributed by atoms with van der Waals surface area (Å²) in [5.74, 6) is 0.950. The Morgan fingerprint density at radius 2 is 1.55 bits per heavy atom. The molecule has 0 bridgehead atoms. The predicted octanol–water partition coefficient (Wildman–Crippen LogP) is 8.62. The van der Waals surface area contributed by atoms with Crippen LogP contribution in [0.2, 0.25) is 0 Å². The van der Waals surface area contributed by atoms with Crippen LogP contribution in [0.25, 0.3) is 22.5 Å². The minimum absolute atomic E-state index is 0.950. The van der Waals surface area contributed by atoms with Gasteiger partial charge in [-0.15, -0.1) is 0 Å². The molecule has 0 aliphatic heterocycles. The highest BCUT2D eigenvalue weighted by molar-refractivity contribution is 5.83. The predicted molar refractivity (Wildman–Crippen MR) is 131 cm³/mol. The fraction of sp³-hybridized carbons (Fsp3) is 0.370. The molecule has 156 valence electrons. The lowest BCUT2D eigenvalue weighted by molar-refractivity contribution is 1.03. The molecule has 0 radical (unpaired) electrons. The van der Waals surface area contributed by atoms with Gasteiger partial charge in [0.1, 0.15) is 5.82 Å². The third kappa shape index (κ3) is 6.74. The second kappa shape index (κ2) is 14.4. The molecule has 2 nitrogen and oxygen atoms in total. The minimum atomic E-state index is 0.950. The second-order valence-electron chi connectivity index (χ2n) is 5.97. The van der Waals surface area contributed by atoms with Crippen LogP contribution in [0.4, 0.5) is 0 Å². The first kappa shape index (κ1) is 24.4. The van der Waals surface area contributed by atoms with E-state index in [0.717, 1.165) is 48.5 Å². The van der Waals surface area contributed by atoms with Crippen molar-refractivity contribution in [2.45, 2.75) is 67.2 Å². The lowest BCUT2D eigenvalue weighted by Crippen LogP contribution is -1.95. The lowest BCUT2D eigenvalue weighted by atomic mass is 9.96. The number of H-pyrrole nitrogens is 1. The van der Waals surface area contributed by atoms with Gasteiger partial charge in [0.2, 0.25) is 0 Å². The molecule has 1 N–H and O–H groups in total. The molecule has 2 aliphatic rings. The first-order chi connectivity index (χ1) is 14.4. The number of rotatable bonds is 3. The average Bonchev–Trinajstić information content (AvgIpc) is 3.30. The molecule has 4 rings (SSSR count). The van der Waals surface area contributed by atoms with E-state index in [1.165, 1.54) is 11.1 Å². The molecule has 0 unspecified atom stereocenters. The highest BCUT2D eigenvalue weighted by atomic mass is 14.9. The Morgan fingerprint density at radius 1 is 0.828 bits per heavy atom. The Morgan fingerprint density at radius 3 is 2.14 bits per heavy atom. The molecule has 0 saturated heterocycles. The zero-order chi connectivity index (χ0) is 21.5. The van der Waals surface area contributed by atoms with Crippen LogP contribution in [-0.4, -0.2) is 9.97 Å². The maximum Gasteiger partial charge on any atom is 0.138 e. The first-order valence-corrected chi connectivity index (χ1v) is 11.3. The second-order valence-corrected chi connectivity index (χ2v) is 5.97. The van der Waals surface area contributed by atoms with Gasteiger partial charge in [-0.1, -0.05) is 108 Å². The molecule has 2 aromatic rings. The lowest BCUT2D eigenvalue weighted by Gasteiger charge is -2.11. The van der Waals surface area contributed by atoms with Crippen molar-refractivity contribution in [3.8, 4) is 11.4 Å². The van der Waals surface area contributed by atoms with Gasteiger partial charge in [-0.2, -0.15) is 0 Å². The van der Waals surface area contributed by atoms with Gasteiger partial charge in [0.05, 0.1) is 11.4 Å². The molecule has 1 aromatic carbocycles.